The highest BCUT2D eigenvalue weighted by Gasteiger charge is 2.26. The first-order valence-electron chi connectivity index (χ1n) is 9.88. The van der Waals surface area contributed by atoms with Crippen LogP contribution in [0.4, 0.5) is 13.2 Å². The third-order valence-corrected chi connectivity index (χ3v) is 3.89. The Balaban J connectivity index is 1.85. The van der Waals surface area contributed by atoms with Gasteiger partial charge in [-0.2, -0.15) is 13.2 Å². The summed E-state index contributed by atoms with van der Waals surface area (Å²) in [5, 5.41) is 0. The molecule has 8 heteroatoms. The summed E-state index contributed by atoms with van der Waals surface area (Å²) in [6.07, 6.45) is -2.43. The van der Waals surface area contributed by atoms with Crippen LogP contribution < -0.4 is 9.47 Å². The molecule has 5 nitrogen and oxygen atoms in total. The first kappa shape index (κ1) is 25.0. The van der Waals surface area contributed by atoms with Crippen LogP contribution in [-0.2, 0) is 9.53 Å². The minimum Gasteiger partial charge on any atom is -0.493 e. The molecule has 0 bridgehead atoms. The molecule has 0 fully saturated rings. The zero-order valence-corrected chi connectivity index (χ0v) is 18.1. The van der Waals surface area contributed by atoms with E-state index in [2.05, 4.69) is 0 Å². The van der Waals surface area contributed by atoms with E-state index < -0.39 is 31.1 Å². The third-order valence-electron chi connectivity index (χ3n) is 3.89. The van der Waals surface area contributed by atoms with E-state index in [0.29, 0.717) is 12.4 Å². The predicted octanol–water partition coefficient (Wildman–Crippen LogP) is 5.84. The molecule has 0 unspecified atom stereocenters. The largest absolute Gasteiger partial charge is 0.493 e. The average Bonchev–Trinajstić information content (AvgIpc) is 2.71. The zero-order valence-electron chi connectivity index (χ0n) is 18.1. The Labute approximate surface area is 184 Å². The molecule has 0 radical (unpaired) electrons. The fourth-order valence-electron chi connectivity index (χ4n) is 2.28. The first-order valence-corrected chi connectivity index (χ1v) is 9.88. The van der Waals surface area contributed by atoms with Crippen LogP contribution in [0, 0.1) is 5.41 Å². The second-order valence-electron chi connectivity index (χ2n) is 8.20. The zero-order chi connectivity index (χ0) is 23.8. The average molecular weight is 450 g/mol. The number of alkyl halides is 3. The number of rotatable bonds is 8. The van der Waals surface area contributed by atoms with Gasteiger partial charge in [-0.1, -0.05) is 32.9 Å². The number of esters is 2. The van der Waals surface area contributed by atoms with Gasteiger partial charge in [0.15, 0.2) is 0 Å². The van der Waals surface area contributed by atoms with E-state index in [-0.39, 0.29) is 16.7 Å². The van der Waals surface area contributed by atoms with Crippen LogP contribution in [0.5, 0.6) is 11.5 Å². The van der Waals surface area contributed by atoms with Gasteiger partial charge >= 0.3 is 18.1 Å². The highest BCUT2D eigenvalue weighted by molar-refractivity contribution is 5.91. The summed E-state index contributed by atoms with van der Waals surface area (Å²) in [4.78, 5) is 24.0. The van der Waals surface area contributed by atoms with Crippen LogP contribution in [0.25, 0.3) is 6.08 Å². The van der Waals surface area contributed by atoms with Gasteiger partial charge in [0.25, 0.3) is 0 Å². The van der Waals surface area contributed by atoms with Crippen LogP contribution in [0.15, 0.2) is 54.6 Å². The summed E-state index contributed by atoms with van der Waals surface area (Å²) in [5.41, 5.74) is 0.826. The van der Waals surface area contributed by atoms with Gasteiger partial charge < -0.3 is 14.2 Å². The van der Waals surface area contributed by atoms with Gasteiger partial charge in [0, 0.05) is 6.08 Å². The molecule has 0 heterocycles. The summed E-state index contributed by atoms with van der Waals surface area (Å²) in [5.74, 6) is -0.543. The molecule has 2 rings (SSSR count). The van der Waals surface area contributed by atoms with Crippen LogP contribution in [-0.4, -0.2) is 31.3 Å². The summed E-state index contributed by atoms with van der Waals surface area (Å²) in [6, 6.07) is 12.1. The van der Waals surface area contributed by atoms with Gasteiger partial charge in [-0.15, -0.1) is 0 Å². The smallest absolute Gasteiger partial charge is 0.392 e. The Hall–Kier alpha value is -3.29. The lowest BCUT2D eigenvalue weighted by Crippen LogP contribution is -2.17. The van der Waals surface area contributed by atoms with Crippen molar-refractivity contribution in [3.63, 3.8) is 0 Å². The summed E-state index contributed by atoms with van der Waals surface area (Å²) in [6.45, 7) is 5.70. The van der Waals surface area contributed by atoms with Crippen molar-refractivity contribution in [2.75, 3.05) is 13.2 Å². The summed E-state index contributed by atoms with van der Waals surface area (Å²) < 4.78 is 51.9. The second kappa shape index (κ2) is 10.8. The molecule has 0 aliphatic carbocycles. The maximum atomic E-state index is 12.2. The molecule has 0 saturated carbocycles. The molecule has 0 amide bonds. The highest BCUT2D eigenvalue weighted by atomic mass is 19.4. The Morgan fingerprint density at radius 3 is 2.06 bits per heavy atom. The minimum absolute atomic E-state index is 0.116. The lowest BCUT2D eigenvalue weighted by atomic mass is 9.99. The number of carbonyl (C=O) groups is 2. The van der Waals surface area contributed by atoms with Crippen LogP contribution in [0.2, 0.25) is 0 Å². The molecule has 2 aromatic rings. The minimum atomic E-state index is -4.29. The van der Waals surface area contributed by atoms with Gasteiger partial charge in [0.05, 0.1) is 25.2 Å². The molecular weight excluding hydrogens is 425 g/mol. The molecule has 0 N–H and O–H groups in total. The molecule has 32 heavy (non-hydrogen) atoms. The molecule has 0 aromatic heterocycles. The Morgan fingerprint density at radius 1 is 0.906 bits per heavy atom. The van der Waals surface area contributed by atoms with E-state index in [0.717, 1.165) is 5.56 Å². The maximum Gasteiger partial charge on any atom is 0.392 e. The third kappa shape index (κ3) is 9.68. The highest BCUT2D eigenvalue weighted by Crippen LogP contribution is 2.21. The lowest BCUT2D eigenvalue weighted by molar-refractivity contribution is -0.140. The number of ether oxygens (including phenoxy) is 3. The fraction of sp³-hybridized carbons (Fsp3) is 0.333. The molecule has 0 atom stereocenters. The lowest BCUT2D eigenvalue weighted by Gasteiger charge is -2.16. The van der Waals surface area contributed by atoms with Crippen molar-refractivity contribution < 1.29 is 37.0 Å². The van der Waals surface area contributed by atoms with Gasteiger partial charge in [-0.05, 0) is 53.5 Å². The van der Waals surface area contributed by atoms with Gasteiger partial charge in [-0.25, -0.2) is 9.59 Å². The molecular formula is C24H25F3O5. The standard InChI is InChI=1S/C24H25F3O5/c1-23(2,3)16-31-21(28)13-6-17-4-9-20(10-5-17)32-22(29)18-7-11-19(12-8-18)30-15-14-24(25,26)27/h4-13H,14-16H2,1-3H3. The van der Waals surface area contributed by atoms with Crippen molar-refractivity contribution in [2.45, 2.75) is 33.4 Å². The number of carbonyl (C=O) groups excluding carboxylic acids is 2. The van der Waals surface area contributed by atoms with E-state index >= 15 is 0 Å². The monoisotopic (exact) mass is 450 g/mol. The van der Waals surface area contributed by atoms with E-state index in [1.807, 2.05) is 20.8 Å². The van der Waals surface area contributed by atoms with Crippen molar-refractivity contribution in [1.82, 2.24) is 0 Å². The number of halogens is 3. The number of hydrogen-bond donors (Lipinski definition) is 0. The van der Waals surface area contributed by atoms with E-state index in [1.54, 1.807) is 30.3 Å². The molecule has 0 aliphatic rings. The molecule has 0 spiro atoms. The summed E-state index contributed by atoms with van der Waals surface area (Å²) >= 11 is 0. The van der Waals surface area contributed by atoms with E-state index in [9.17, 15) is 22.8 Å². The van der Waals surface area contributed by atoms with Crippen molar-refractivity contribution >= 4 is 18.0 Å². The predicted molar refractivity (Wildman–Crippen MR) is 113 cm³/mol. The maximum absolute atomic E-state index is 12.2. The van der Waals surface area contributed by atoms with Crippen molar-refractivity contribution in [3.8, 4) is 11.5 Å². The van der Waals surface area contributed by atoms with Crippen molar-refractivity contribution in [3.05, 3.63) is 65.7 Å². The number of hydrogen-bond acceptors (Lipinski definition) is 5. The fourth-order valence-corrected chi connectivity index (χ4v) is 2.28. The van der Waals surface area contributed by atoms with Crippen LogP contribution in [0.1, 0.15) is 43.1 Å². The number of benzene rings is 2. The molecule has 0 aliphatic heterocycles. The van der Waals surface area contributed by atoms with Crippen LogP contribution in [0.3, 0.4) is 0 Å². The first-order chi connectivity index (χ1) is 14.9. The second-order valence-corrected chi connectivity index (χ2v) is 8.20. The quantitative estimate of drug-likeness (QED) is 0.287. The Bertz CT molecular complexity index is 924. The van der Waals surface area contributed by atoms with Gasteiger partial charge in [0.1, 0.15) is 11.5 Å². The SMILES string of the molecule is CC(C)(C)COC(=O)C=Cc1ccc(OC(=O)c2ccc(OCCC(F)(F)F)cc2)cc1. The molecule has 0 saturated heterocycles. The Morgan fingerprint density at radius 2 is 1.50 bits per heavy atom. The van der Waals surface area contributed by atoms with Crippen molar-refractivity contribution in [2.24, 2.45) is 5.41 Å². The van der Waals surface area contributed by atoms with Gasteiger partial charge in [0.2, 0.25) is 0 Å². The van der Waals surface area contributed by atoms with E-state index in [1.165, 1.54) is 30.3 Å². The van der Waals surface area contributed by atoms with Crippen molar-refractivity contribution in [1.29, 1.82) is 0 Å². The topological polar surface area (TPSA) is 61.8 Å². The molecule has 2 aromatic carbocycles. The van der Waals surface area contributed by atoms with Crippen LogP contribution >= 0.6 is 0 Å². The summed E-state index contributed by atoms with van der Waals surface area (Å²) in [7, 11) is 0. The van der Waals surface area contributed by atoms with E-state index in [4.69, 9.17) is 14.2 Å². The normalized spacial score (nSPS) is 11.9. The Kier molecular flexibility index (Phi) is 8.46. The molecule has 172 valence electrons. The van der Waals surface area contributed by atoms with Gasteiger partial charge in [-0.3, -0.25) is 0 Å².